The normalized spacial score (nSPS) is 11.9. The van der Waals surface area contributed by atoms with Crippen molar-refractivity contribution in [1.82, 2.24) is 4.90 Å². The van der Waals surface area contributed by atoms with Crippen molar-refractivity contribution in [2.24, 2.45) is 5.92 Å². The fourth-order valence-electron chi connectivity index (χ4n) is 1.98. The standard InChI is InChI=1S/C22H32NO/c1-6-22(24)18-15-17-21(20(2)3)16-13-11-9-7-8-10-12-14-19-23(4)5/h7-9,11,21H,6,10,12,15,17-18H2,1-5H3/q-1/b8-7+,11-9+. The van der Waals surface area contributed by atoms with E-state index >= 15 is 0 Å². The minimum atomic E-state index is 0.282. The molecule has 0 fully saturated rings. The Balaban J connectivity index is 4.15. The van der Waals surface area contributed by atoms with Crippen LogP contribution >= 0.6 is 0 Å². The Hall–Kier alpha value is -1.93. The van der Waals surface area contributed by atoms with Crippen molar-refractivity contribution in [3.05, 3.63) is 30.2 Å². The molecule has 0 radical (unpaired) electrons. The molecule has 132 valence electrons. The molecule has 0 aliphatic carbocycles. The second kappa shape index (κ2) is 14.6. The highest BCUT2D eigenvalue weighted by Crippen LogP contribution is 2.19. The highest BCUT2D eigenvalue weighted by atomic mass is 16.1. The number of hydrogen-bond acceptors (Lipinski definition) is 2. The van der Waals surface area contributed by atoms with Gasteiger partial charge in [-0.2, -0.15) is 13.8 Å². The van der Waals surface area contributed by atoms with E-state index in [-0.39, 0.29) is 5.92 Å². The van der Waals surface area contributed by atoms with Gasteiger partial charge < -0.3 is 10.8 Å². The molecule has 0 spiro atoms. The van der Waals surface area contributed by atoms with Gasteiger partial charge in [-0.05, 0) is 18.9 Å². The van der Waals surface area contributed by atoms with Crippen LogP contribution in [0, 0.1) is 35.6 Å². The van der Waals surface area contributed by atoms with Crippen molar-refractivity contribution in [1.29, 1.82) is 0 Å². The maximum Gasteiger partial charge on any atom is 0.132 e. The van der Waals surface area contributed by atoms with Gasteiger partial charge in [0, 0.05) is 39.4 Å². The summed E-state index contributed by atoms with van der Waals surface area (Å²) in [5.74, 6) is 11.4. The predicted octanol–water partition coefficient (Wildman–Crippen LogP) is 4.78. The van der Waals surface area contributed by atoms with E-state index in [0.717, 1.165) is 25.7 Å². The smallest absolute Gasteiger partial charge is 0.132 e. The largest absolute Gasteiger partial charge is 0.339 e. The van der Waals surface area contributed by atoms with E-state index in [4.69, 9.17) is 0 Å². The van der Waals surface area contributed by atoms with Gasteiger partial charge in [0.05, 0.1) is 0 Å². The van der Waals surface area contributed by atoms with E-state index in [9.17, 15) is 4.79 Å². The van der Waals surface area contributed by atoms with Gasteiger partial charge in [-0.3, -0.25) is 4.79 Å². The summed E-state index contributed by atoms with van der Waals surface area (Å²) in [4.78, 5) is 13.2. The average molecular weight is 327 g/mol. The molecule has 0 saturated heterocycles. The minimum absolute atomic E-state index is 0.282. The van der Waals surface area contributed by atoms with Crippen molar-refractivity contribution in [2.45, 2.75) is 59.3 Å². The molecule has 1 unspecified atom stereocenters. The van der Waals surface area contributed by atoms with E-state index in [2.05, 4.69) is 43.7 Å². The summed E-state index contributed by atoms with van der Waals surface area (Å²) >= 11 is 0. The number of hydrogen-bond donors (Lipinski definition) is 0. The van der Waals surface area contributed by atoms with Crippen molar-refractivity contribution >= 4 is 5.78 Å². The van der Waals surface area contributed by atoms with Gasteiger partial charge in [0.2, 0.25) is 0 Å². The molecule has 0 N–H and O–H groups in total. The number of carbonyl (C=O) groups excluding carboxylic acids is 1. The molecule has 0 aliphatic heterocycles. The first-order chi connectivity index (χ1) is 11.5. The van der Waals surface area contributed by atoms with E-state index in [1.165, 1.54) is 5.92 Å². The van der Waals surface area contributed by atoms with Crippen molar-refractivity contribution in [3.63, 3.8) is 0 Å². The van der Waals surface area contributed by atoms with Crippen molar-refractivity contribution < 1.29 is 4.79 Å². The number of nitrogens with zero attached hydrogens (tertiary/aromatic N) is 1. The molecule has 2 nitrogen and oxygen atoms in total. The molecular weight excluding hydrogens is 294 g/mol. The Bertz CT molecular complexity index is 518. The number of Topliss-reactive ketones (excluding diaryl/α,β-unsaturated/α-hetero) is 1. The van der Waals surface area contributed by atoms with Gasteiger partial charge in [-0.25, -0.2) is 0 Å². The molecule has 0 heterocycles. The highest BCUT2D eigenvalue weighted by molar-refractivity contribution is 5.77. The van der Waals surface area contributed by atoms with Crippen LogP contribution in [0.3, 0.4) is 0 Å². The first kappa shape index (κ1) is 22.1. The summed E-state index contributed by atoms with van der Waals surface area (Å²) < 4.78 is 0. The zero-order valence-electron chi connectivity index (χ0n) is 16.0. The molecule has 0 aliphatic rings. The molecular formula is C22H32NO-. The number of allylic oxidation sites excluding steroid dienone is 4. The molecule has 0 bridgehead atoms. The summed E-state index contributed by atoms with van der Waals surface area (Å²) in [6, 6.07) is 2.99. The third-order valence-corrected chi connectivity index (χ3v) is 3.46. The van der Waals surface area contributed by atoms with E-state index in [1.54, 1.807) is 0 Å². The molecule has 0 aromatic heterocycles. The Labute approximate surface area is 149 Å². The van der Waals surface area contributed by atoms with Crippen LogP contribution in [0.2, 0.25) is 0 Å². The first-order valence-electron chi connectivity index (χ1n) is 8.77. The van der Waals surface area contributed by atoms with E-state index in [0.29, 0.717) is 18.6 Å². The van der Waals surface area contributed by atoms with Crippen LogP contribution in [-0.2, 0) is 4.79 Å². The SMILES string of the molecule is CCC(=O)CCCC(C#C/C=C/C=C/CCC#CN(C)C)[C-](C)C. The molecule has 0 aromatic carbocycles. The van der Waals surface area contributed by atoms with Gasteiger partial charge in [0.1, 0.15) is 5.78 Å². The lowest BCUT2D eigenvalue weighted by atomic mass is 9.90. The van der Waals surface area contributed by atoms with Crippen LogP contribution in [0.25, 0.3) is 0 Å². The van der Waals surface area contributed by atoms with Gasteiger partial charge in [0.25, 0.3) is 0 Å². The van der Waals surface area contributed by atoms with Crippen LogP contribution in [0.1, 0.15) is 59.3 Å². The zero-order chi connectivity index (χ0) is 18.2. The number of carbonyl (C=O) groups is 1. The van der Waals surface area contributed by atoms with E-state index < -0.39 is 0 Å². The van der Waals surface area contributed by atoms with Crippen LogP contribution in [-0.4, -0.2) is 24.8 Å². The average Bonchev–Trinajstić information content (AvgIpc) is 2.53. The molecule has 0 rings (SSSR count). The second-order valence-corrected chi connectivity index (χ2v) is 6.21. The Morgan fingerprint density at radius 3 is 2.62 bits per heavy atom. The Morgan fingerprint density at radius 2 is 2.00 bits per heavy atom. The Morgan fingerprint density at radius 1 is 1.25 bits per heavy atom. The van der Waals surface area contributed by atoms with Crippen molar-refractivity contribution in [3.8, 4) is 23.8 Å². The summed E-state index contributed by atoms with van der Waals surface area (Å²) in [5, 5.41) is 0. The summed E-state index contributed by atoms with van der Waals surface area (Å²) in [6.07, 6.45) is 13.0. The molecule has 0 saturated carbocycles. The summed E-state index contributed by atoms with van der Waals surface area (Å²) in [5.41, 5.74) is 0. The van der Waals surface area contributed by atoms with Gasteiger partial charge in [-0.1, -0.05) is 43.4 Å². The molecule has 2 heteroatoms. The van der Waals surface area contributed by atoms with Crippen LogP contribution in [0.15, 0.2) is 24.3 Å². The maximum absolute atomic E-state index is 11.4. The fraction of sp³-hybridized carbons (Fsp3) is 0.545. The third kappa shape index (κ3) is 13.7. The van der Waals surface area contributed by atoms with Crippen molar-refractivity contribution in [2.75, 3.05) is 14.1 Å². The van der Waals surface area contributed by atoms with E-state index in [1.807, 2.05) is 44.1 Å². The molecule has 0 amide bonds. The van der Waals surface area contributed by atoms with Crippen LogP contribution in [0.5, 0.6) is 0 Å². The Kier molecular flexibility index (Phi) is 13.5. The second-order valence-electron chi connectivity index (χ2n) is 6.21. The topological polar surface area (TPSA) is 20.3 Å². The monoisotopic (exact) mass is 326 g/mol. The number of unbranched alkanes of at least 4 members (excludes halogenated alkanes) is 1. The lowest BCUT2D eigenvalue weighted by Crippen LogP contribution is -2.05. The fourth-order valence-corrected chi connectivity index (χ4v) is 1.98. The summed E-state index contributed by atoms with van der Waals surface area (Å²) in [7, 11) is 3.88. The molecule has 1 atom stereocenters. The van der Waals surface area contributed by atoms with Crippen LogP contribution in [0.4, 0.5) is 0 Å². The molecule has 24 heavy (non-hydrogen) atoms. The zero-order valence-corrected chi connectivity index (χ0v) is 16.0. The number of rotatable bonds is 9. The quantitative estimate of drug-likeness (QED) is 0.200. The number of ketones is 1. The molecule has 0 aromatic rings. The highest BCUT2D eigenvalue weighted by Gasteiger charge is 2.02. The third-order valence-electron chi connectivity index (χ3n) is 3.46. The lowest BCUT2D eigenvalue weighted by molar-refractivity contribution is -0.118. The van der Waals surface area contributed by atoms with Gasteiger partial charge >= 0.3 is 0 Å². The lowest BCUT2D eigenvalue weighted by Gasteiger charge is -2.26. The summed E-state index contributed by atoms with van der Waals surface area (Å²) in [6.45, 7) is 6.14. The van der Waals surface area contributed by atoms with Gasteiger partial charge in [0.15, 0.2) is 0 Å². The predicted molar refractivity (Wildman–Crippen MR) is 104 cm³/mol. The van der Waals surface area contributed by atoms with Crippen LogP contribution < -0.4 is 0 Å². The minimum Gasteiger partial charge on any atom is -0.339 e. The van der Waals surface area contributed by atoms with Gasteiger partial charge in [-0.15, -0.1) is 11.8 Å². The first-order valence-corrected chi connectivity index (χ1v) is 8.77. The maximum atomic E-state index is 11.4.